The van der Waals surface area contributed by atoms with E-state index in [0.29, 0.717) is 5.15 Å². The number of halogens is 1. The van der Waals surface area contributed by atoms with Crippen LogP contribution in [0.15, 0.2) is 6.33 Å². The smallest absolute Gasteiger partial charge is 0.151 e. The molecular formula is C9H10ClN3. The first-order chi connectivity index (χ1) is 6.23. The molecule has 0 radical (unpaired) electrons. The quantitative estimate of drug-likeness (QED) is 0.726. The molecule has 0 unspecified atom stereocenters. The van der Waals surface area contributed by atoms with Crippen LogP contribution in [0.3, 0.4) is 0 Å². The molecule has 1 aliphatic carbocycles. The average molecular weight is 196 g/mol. The highest BCUT2D eigenvalue weighted by Gasteiger charge is 2.48. The summed E-state index contributed by atoms with van der Waals surface area (Å²) in [7, 11) is 0. The van der Waals surface area contributed by atoms with Gasteiger partial charge in [-0.1, -0.05) is 11.6 Å². The normalized spacial score (nSPS) is 18.2. The predicted octanol–water partition coefficient (Wildman–Crippen LogP) is 2.11. The lowest BCUT2D eigenvalue weighted by Crippen LogP contribution is -2.10. The van der Waals surface area contributed by atoms with E-state index in [0.717, 1.165) is 25.1 Å². The van der Waals surface area contributed by atoms with Crippen molar-refractivity contribution in [1.82, 2.24) is 9.55 Å². The molecule has 0 amide bonds. The summed E-state index contributed by atoms with van der Waals surface area (Å²) < 4.78 is 1.96. The molecule has 1 aromatic rings. The van der Waals surface area contributed by atoms with Crippen molar-refractivity contribution < 1.29 is 0 Å². The van der Waals surface area contributed by atoms with Crippen molar-refractivity contribution in [1.29, 1.82) is 5.26 Å². The zero-order valence-corrected chi connectivity index (χ0v) is 8.17. The Balaban J connectivity index is 2.50. The maximum Gasteiger partial charge on any atom is 0.151 e. The number of hydrogen-bond donors (Lipinski definition) is 0. The fraction of sp³-hybridized carbons (Fsp3) is 0.556. The second-order valence-corrected chi connectivity index (χ2v) is 3.72. The van der Waals surface area contributed by atoms with Gasteiger partial charge < -0.3 is 4.57 Å². The Bertz CT molecular complexity index is 371. The fourth-order valence-electron chi connectivity index (χ4n) is 1.60. The molecule has 0 spiro atoms. The van der Waals surface area contributed by atoms with Gasteiger partial charge in [-0.05, 0) is 19.8 Å². The lowest BCUT2D eigenvalue weighted by Gasteiger charge is -2.08. The van der Waals surface area contributed by atoms with Crippen molar-refractivity contribution in [3.63, 3.8) is 0 Å². The summed E-state index contributed by atoms with van der Waals surface area (Å²) in [5, 5.41) is 9.51. The molecule has 0 aliphatic heterocycles. The first-order valence-electron chi connectivity index (χ1n) is 4.36. The maximum atomic E-state index is 9.02. The van der Waals surface area contributed by atoms with Gasteiger partial charge in [0.2, 0.25) is 0 Å². The van der Waals surface area contributed by atoms with Crippen molar-refractivity contribution in [2.75, 3.05) is 0 Å². The number of hydrogen-bond acceptors (Lipinski definition) is 2. The third-order valence-corrected chi connectivity index (χ3v) is 2.83. The SMILES string of the molecule is CCn1cnc(Cl)c1C1(C#N)CC1. The van der Waals surface area contributed by atoms with E-state index in [-0.39, 0.29) is 5.41 Å². The van der Waals surface area contributed by atoms with Crippen LogP contribution in [0.2, 0.25) is 5.15 Å². The Morgan fingerprint density at radius 3 is 2.92 bits per heavy atom. The molecule has 1 aliphatic rings. The second-order valence-electron chi connectivity index (χ2n) is 3.36. The number of nitriles is 1. The van der Waals surface area contributed by atoms with Crippen molar-refractivity contribution in [3.05, 3.63) is 17.2 Å². The van der Waals surface area contributed by atoms with Gasteiger partial charge in [-0.15, -0.1) is 0 Å². The third-order valence-electron chi connectivity index (χ3n) is 2.55. The highest BCUT2D eigenvalue weighted by Crippen LogP contribution is 2.49. The molecule has 0 aromatic carbocycles. The number of nitrogens with zero attached hydrogens (tertiary/aromatic N) is 3. The summed E-state index contributed by atoms with van der Waals surface area (Å²) >= 11 is 5.94. The third kappa shape index (κ3) is 1.13. The molecule has 4 heteroatoms. The molecule has 13 heavy (non-hydrogen) atoms. The number of aryl methyl sites for hydroxylation is 1. The summed E-state index contributed by atoms with van der Waals surface area (Å²) in [5.74, 6) is 0. The van der Waals surface area contributed by atoms with E-state index in [4.69, 9.17) is 16.9 Å². The van der Waals surface area contributed by atoms with E-state index in [2.05, 4.69) is 11.1 Å². The molecule has 1 fully saturated rings. The Morgan fingerprint density at radius 1 is 1.77 bits per heavy atom. The molecule has 1 heterocycles. The topological polar surface area (TPSA) is 41.6 Å². The molecule has 1 aromatic heterocycles. The average Bonchev–Trinajstić information content (AvgIpc) is 2.85. The Labute approximate surface area is 81.9 Å². The molecule has 0 N–H and O–H groups in total. The van der Waals surface area contributed by atoms with Gasteiger partial charge in [0, 0.05) is 6.54 Å². The minimum atomic E-state index is -0.330. The van der Waals surface area contributed by atoms with Crippen LogP contribution in [0.4, 0.5) is 0 Å². The molecule has 2 rings (SSSR count). The van der Waals surface area contributed by atoms with Crippen LogP contribution >= 0.6 is 11.6 Å². The van der Waals surface area contributed by atoms with Crippen molar-refractivity contribution in [2.45, 2.75) is 31.7 Å². The summed E-state index contributed by atoms with van der Waals surface area (Å²) in [6, 6.07) is 2.33. The Kier molecular flexibility index (Phi) is 1.81. The summed E-state index contributed by atoms with van der Waals surface area (Å²) in [6.45, 7) is 2.84. The minimum absolute atomic E-state index is 0.330. The summed E-state index contributed by atoms with van der Waals surface area (Å²) in [4.78, 5) is 4.02. The first-order valence-corrected chi connectivity index (χ1v) is 4.73. The number of aromatic nitrogens is 2. The molecule has 0 saturated heterocycles. The van der Waals surface area contributed by atoms with Gasteiger partial charge in [-0.2, -0.15) is 5.26 Å². The van der Waals surface area contributed by atoms with Gasteiger partial charge in [0.05, 0.1) is 18.1 Å². The molecule has 0 bridgehead atoms. The standard InChI is InChI=1S/C9H10ClN3/c1-2-13-6-12-8(10)7(13)9(5-11)3-4-9/h6H,2-4H2,1H3. The van der Waals surface area contributed by atoms with Gasteiger partial charge >= 0.3 is 0 Å². The Hall–Kier alpha value is -1.01. The van der Waals surface area contributed by atoms with Crippen molar-refractivity contribution in [3.8, 4) is 6.07 Å². The largest absolute Gasteiger partial charge is 0.332 e. The molecule has 3 nitrogen and oxygen atoms in total. The van der Waals surface area contributed by atoms with Gasteiger partial charge in [0.15, 0.2) is 5.15 Å². The van der Waals surface area contributed by atoms with Crippen LogP contribution in [-0.4, -0.2) is 9.55 Å². The van der Waals surface area contributed by atoms with Crippen LogP contribution < -0.4 is 0 Å². The van der Waals surface area contributed by atoms with Gasteiger partial charge in [-0.3, -0.25) is 0 Å². The number of rotatable bonds is 2. The zero-order chi connectivity index (χ0) is 9.47. The molecular weight excluding hydrogens is 186 g/mol. The van der Waals surface area contributed by atoms with Crippen LogP contribution in [0, 0.1) is 11.3 Å². The summed E-state index contributed by atoms with van der Waals surface area (Å²) in [5.41, 5.74) is 0.572. The molecule has 0 atom stereocenters. The van der Waals surface area contributed by atoms with Gasteiger partial charge in [0.25, 0.3) is 0 Å². The lowest BCUT2D eigenvalue weighted by molar-refractivity contribution is 0.677. The van der Waals surface area contributed by atoms with Crippen molar-refractivity contribution in [2.24, 2.45) is 0 Å². The highest BCUT2D eigenvalue weighted by molar-refractivity contribution is 6.30. The van der Waals surface area contributed by atoms with E-state index in [1.807, 2.05) is 11.5 Å². The first kappa shape index (κ1) is 8.58. The number of imidazole rings is 1. The maximum absolute atomic E-state index is 9.02. The minimum Gasteiger partial charge on any atom is -0.332 e. The Morgan fingerprint density at radius 2 is 2.46 bits per heavy atom. The van der Waals surface area contributed by atoms with E-state index in [1.165, 1.54) is 0 Å². The monoisotopic (exact) mass is 195 g/mol. The van der Waals surface area contributed by atoms with Crippen LogP contribution in [0.5, 0.6) is 0 Å². The lowest BCUT2D eigenvalue weighted by atomic mass is 10.1. The molecule has 68 valence electrons. The van der Waals surface area contributed by atoms with E-state index < -0.39 is 0 Å². The highest BCUT2D eigenvalue weighted by atomic mass is 35.5. The van der Waals surface area contributed by atoms with Gasteiger partial charge in [-0.25, -0.2) is 4.98 Å². The summed E-state index contributed by atoms with van der Waals surface area (Å²) in [6.07, 6.45) is 3.53. The van der Waals surface area contributed by atoms with Crippen LogP contribution in [-0.2, 0) is 12.0 Å². The van der Waals surface area contributed by atoms with Crippen LogP contribution in [0.25, 0.3) is 0 Å². The van der Waals surface area contributed by atoms with E-state index in [1.54, 1.807) is 6.33 Å². The van der Waals surface area contributed by atoms with E-state index >= 15 is 0 Å². The fourth-order valence-corrected chi connectivity index (χ4v) is 1.93. The van der Waals surface area contributed by atoms with Crippen molar-refractivity contribution >= 4 is 11.6 Å². The van der Waals surface area contributed by atoms with Crippen LogP contribution in [0.1, 0.15) is 25.5 Å². The van der Waals surface area contributed by atoms with E-state index in [9.17, 15) is 0 Å². The second kappa shape index (κ2) is 2.74. The van der Waals surface area contributed by atoms with Gasteiger partial charge in [0.1, 0.15) is 5.41 Å². The zero-order valence-electron chi connectivity index (χ0n) is 7.42. The molecule has 1 saturated carbocycles. The predicted molar refractivity (Wildman–Crippen MR) is 49.4 cm³/mol.